The second-order valence-electron chi connectivity index (χ2n) is 5.51. The molecule has 2 aromatic carbocycles. The average molecular weight is 357 g/mol. The highest BCUT2D eigenvalue weighted by Crippen LogP contribution is 2.21. The van der Waals surface area contributed by atoms with Gasteiger partial charge in [-0.3, -0.25) is 4.79 Å². The lowest BCUT2D eigenvalue weighted by Crippen LogP contribution is -2.14. The molecule has 0 saturated carbocycles. The highest BCUT2D eigenvalue weighted by atomic mass is 32.2. The maximum atomic E-state index is 12.9. The van der Waals surface area contributed by atoms with Crippen molar-refractivity contribution >= 4 is 23.4 Å². The summed E-state index contributed by atoms with van der Waals surface area (Å²) in [5.41, 5.74) is 3.62. The molecule has 1 N–H and O–H groups in total. The van der Waals surface area contributed by atoms with Crippen LogP contribution in [0.2, 0.25) is 0 Å². The van der Waals surface area contributed by atoms with E-state index >= 15 is 0 Å². The first-order valence-electron chi connectivity index (χ1n) is 7.57. The van der Waals surface area contributed by atoms with E-state index in [0.29, 0.717) is 10.8 Å². The molecule has 0 radical (unpaired) electrons. The Morgan fingerprint density at radius 3 is 2.68 bits per heavy atom. The number of hydrogen-bond donors (Lipinski definition) is 1. The lowest BCUT2D eigenvalue weighted by atomic mass is 10.1. The second-order valence-corrected chi connectivity index (χ2v) is 6.45. The van der Waals surface area contributed by atoms with Crippen molar-refractivity contribution in [3.05, 3.63) is 59.4 Å². The predicted molar refractivity (Wildman–Crippen MR) is 94.4 cm³/mol. The number of thioether (sulfide) groups is 1. The third-order valence-corrected chi connectivity index (χ3v) is 4.40. The van der Waals surface area contributed by atoms with Crippen LogP contribution in [0.5, 0.6) is 0 Å². The highest BCUT2D eigenvalue weighted by Gasteiger charge is 2.13. The number of carbonyl (C=O) groups is 1. The predicted octanol–water partition coefficient (Wildman–Crippen LogP) is 3.15. The summed E-state index contributed by atoms with van der Waals surface area (Å²) in [5, 5.41) is 14.9. The third kappa shape index (κ3) is 4.21. The number of tetrazole rings is 1. The first kappa shape index (κ1) is 17.1. The number of anilines is 1. The minimum Gasteiger partial charge on any atom is -0.325 e. The SMILES string of the molecule is Cc1ccc(-n2nnnc2SCC(=O)Nc2ccc(F)cc2)c(C)c1. The monoisotopic (exact) mass is 357 g/mol. The van der Waals surface area contributed by atoms with Gasteiger partial charge in [0, 0.05) is 5.69 Å². The Morgan fingerprint density at radius 1 is 1.20 bits per heavy atom. The Balaban J connectivity index is 1.67. The van der Waals surface area contributed by atoms with Gasteiger partial charge in [-0.2, -0.15) is 4.68 Å². The van der Waals surface area contributed by atoms with Gasteiger partial charge in [-0.1, -0.05) is 29.5 Å². The average Bonchev–Trinajstić information content (AvgIpc) is 3.03. The summed E-state index contributed by atoms with van der Waals surface area (Å²) >= 11 is 1.23. The third-order valence-electron chi connectivity index (χ3n) is 3.48. The summed E-state index contributed by atoms with van der Waals surface area (Å²) in [6.45, 7) is 4.01. The Hall–Kier alpha value is -2.74. The fourth-order valence-corrected chi connectivity index (χ4v) is 3.01. The molecule has 0 saturated heterocycles. The summed E-state index contributed by atoms with van der Waals surface area (Å²) < 4.78 is 14.5. The van der Waals surface area contributed by atoms with Crippen molar-refractivity contribution in [1.29, 1.82) is 0 Å². The van der Waals surface area contributed by atoms with E-state index in [0.717, 1.165) is 16.8 Å². The van der Waals surface area contributed by atoms with Crippen molar-refractivity contribution in [2.75, 3.05) is 11.1 Å². The standard InChI is InChI=1S/C17H16FN5OS/c1-11-3-8-15(12(2)9-11)23-17(20-21-22-23)25-10-16(24)19-14-6-4-13(18)5-7-14/h3-9H,10H2,1-2H3,(H,19,24). The maximum absolute atomic E-state index is 12.9. The zero-order chi connectivity index (χ0) is 17.8. The van der Waals surface area contributed by atoms with Crippen molar-refractivity contribution in [3.8, 4) is 5.69 Å². The van der Waals surface area contributed by atoms with E-state index in [9.17, 15) is 9.18 Å². The Bertz CT molecular complexity index is 894. The van der Waals surface area contributed by atoms with Gasteiger partial charge in [-0.05, 0) is 60.2 Å². The van der Waals surface area contributed by atoms with Crippen LogP contribution in [0, 0.1) is 19.7 Å². The molecular weight excluding hydrogens is 341 g/mol. The molecule has 0 aliphatic rings. The van der Waals surface area contributed by atoms with Gasteiger partial charge in [0.2, 0.25) is 11.1 Å². The van der Waals surface area contributed by atoms with Gasteiger partial charge < -0.3 is 5.32 Å². The van der Waals surface area contributed by atoms with E-state index in [1.807, 2.05) is 32.0 Å². The number of nitrogens with zero attached hydrogens (tertiary/aromatic N) is 4. The van der Waals surface area contributed by atoms with E-state index in [2.05, 4.69) is 20.8 Å². The molecule has 0 atom stereocenters. The molecule has 8 heteroatoms. The van der Waals surface area contributed by atoms with Crippen molar-refractivity contribution in [3.63, 3.8) is 0 Å². The van der Waals surface area contributed by atoms with Crippen LogP contribution >= 0.6 is 11.8 Å². The lowest BCUT2D eigenvalue weighted by Gasteiger charge is -2.08. The van der Waals surface area contributed by atoms with E-state index in [1.54, 1.807) is 4.68 Å². The molecule has 0 unspecified atom stereocenters. The highest BCUT2D eigenvalue weighted by molar-refractivity contribution is 7.99. The van der Waals surface area contributed by atoms with Gasteiger partial charge in [0.05, 0.1) is 11.4 Å². The molecule has 1 amide bonds. The Kier molecular flexibility index (Phi) is 5.08. The van der Waals surface area contributed by atoms with Gasteiger partial charge in [-0.15, -0.1) is 5.10 Å². The van der Waals surface area contributed by atoms with Crippen LogP contribution in [0.4, 0.5) is 10.1 Å². The number of halogens is 1. The minimum absolute atomic E-state index is 0.142. The lowest BCUT2D eigenvalue weighted by molar-refractivity contribution is -0.113. The molecule has 3 rings (SSSR count). The molecule has 1 aromatic heterocycles. The molecule has 6 nitrogen and oxygen atoms in total. The molecule has 0 fully saturated rings. The van der Waals surface area contributed by atoms with Gasteiger partial charge in [-0.25, -0.2) is 4.39 Å². The van der Waals surface area contributed by atoms with Crippen molar-refractivity contribution in [2.24, 2.45) is 0 Å². The zero-order valence-electron chi connectivity index (χ0n) is 13.7. The number of benzene rings is 2. The summed E-state index contributed by atoms with van der Waals surface area (Å²) in [6, 6.07) is 11.6. The number of aromatic nitrogens is 4. The van der Waals surface area contributed by atoms with Crippen molar-refractivity contribution in [1.82, 2.24) is 20.2 Å². The minimum atomic E-state index is -0.347. The van der Waals surface area contributed by atoms with Crippen LogP contribution in [0.3, 0.4) is 0 Å². The van der Waals surface area contributed by atoms with Crippen LogP contribution in [0.25, 0.3) is 5.69 Å². The first-order valence-corrected chi connectivity index (χ1v) is 8.56. The van der Waals surface area contributed by atoms with E-state index in [4.69, 9.17) is 0 Å². The Labute approximate surface area is 148 Å². The summed E-state index contributed by atoms with van der Waals surface area (Å²) in [4.78, 5) is 12.0. The largest absolute Gasteiger partial charge is 0.325 e. The van der Waals surface area contributed by atoms with E-state index in [1.165, 1.54) is 36.0 Å². The Morgan fingerprint density at radius 2 is 1.96 bits per heavy atom. The summed E-state index contributed by atoms with van der Waals surface area (Å²) in [5.74, 6) is -0.422. The fraction of sp³-hybridized carbons (Fsp3) is 0.176. The normalized spacial score (nSPS) is 10.7. The van der Waals surface area contributed by atoms with Gasteiger partial charge >= 0.3 is 0 Å². The molecule has 0 spiro atoms. The zero-order valence-corrected chi connectivity index (χ0v) is 14.5. The van der Waals surface area contributed by atoms with E-state index in [-0.39, 0.29) is 17.5 Å². The van der Waals surface area contributed by atoms with Crippen LogP contribution < -0.4 is 5.32 Å². The molecule has 0 aliphatic heterocycles. The summed E-state index contributed by atoms with van der Waals surface area (Å²) in [6.07, 6.45) is 0. The molecule has 0 aliphatic carbocycles. The second kappa shape index (κ2) is 7.43. The molecule has 25 heavy (non-hydrogen) atoms. The van der Waals surface area contributed by atoms with Crippen LogP contribution in [-0.2, 0) is 4.79 Å². The summed E-state index contributed by atoms with van der Waals surface area (Å²) in [7, 11) is 0. The fourth-order valence-electron chi connectivity index (χ4n) is 2.32. The molecule has 0 bridgehead atoms. The van der Waals surface area contributed by atoms with Gasteiger partial charge in [0.1, 0.15) is 5.82 Å². The van der Waals surface area contributed by atoms with E-state index < -0.39 is 0 Å². The number of amides is 1. The number of nitrogens with one attached hydrogen (secondary N) is 1. The van der Waals surface area contributed by atoms with Crippen molar-refractivity contribution < 1.29 is 9.18 Å². The molecule has 128 valence electrons. The van der Waals surface area contributed by atoms with Gasteiger partial charge in [0.25, 0.3) is 0 Å². The molecular formula is C17H16FN5OS. The van der Waals surface area contributed by atoms with Crippen LogP contribution in [-0.4, -0.2) is 31.9 Å². The van der Waals surface area contributed by atoms with Crippen molar-refractivity contribution in [2.45, 2.75) is 19.0 Å². The maximum Gasteiger partial charge on any atom is 0.234 e. The van der Waals surface area contributed by atoms with Gasteiger partial charge in [0.15, 0.2) is 0 Å². The first-order chi connectivity index (χ1) is 12.0. The molecule has 3 aromatic rings. The van der Waals surface area contributed by atoms with Crippen LogP contribution in [0.1, 0.15) is 11.1 Å². The number of rotatable bonds is 5. The topological polar surface area (TPSA) is 72.7 Å². The van der Waals surface area contributed by atoms with Crippen LogP contribution in [0.15, 0.2) is 47.6 Å². The smallest absolute Gasteiger partial charge is 0.234 e. The quantitative estimate of drug-likeness (QED) is 0.710. The number of aryl methyl sites for hydroxylation is 2. The molecule has 1 heterocycles. The number of hydrogen-bond acceptors (Lipinski definition) is 5. The number of carbonyl (C=O) groups excluding carboxylic acids is 1.